The molecule has 0 radical (unpaired) electrons. The van der Waals surface area contributed by atoms with Crippen molar-refractivity contribution in [2.45, 2.75) is 26.2 Å². The van der Waals surface area contributed by atoms with Crippen molar-refractivity contribution >= 4 is 0 Å². The van der Waals surface area contributed by atoms with Gasteiger partial charge in [-0.1, -0.05) is 19.8 Å². The average molecular weight is 128 g/mol. The number of rotatable bonds is 3. The van der Waals surface area contributed by atoms with Crippen LogP contribution in [-0.2, 0) is 0 Å². The van der Waals surface area contributed by atoms with E-state index in [9.17, 15) is 0 Å². The van der Waals surface area contributed by atoms with Gasteiger partial charge in [-0.25, -0.2) is 0 Å². The molecule has 0 aliphatic carbocycles. The van der Waals surface area contributed by atoms with Gasteiger partial charge in [-0.3, -0.25) is 0 Å². The van der Waals surface area contributed by atoms with Crippen LogP contribution in [0.1, 0.15) is 26.2 Å². The van der Waals surface area contributed by atoms with Gasteiger partial charge in [0.2, 0.25) is 0 Å². The maximum Gasteiger partial charge on any atom is 1.00 e. The summed E-state index contributed by atoms with van der Waals surface area (Å²) in [6.07, 6.45) is 3.33. The first-order valence-electron chi connectivity index (χ1n) is 2.52. The van der Waals surface area contributed by atoms with Gasteiger partial charge in [0.25, 0.3) is 0 Å². The predicted molar refractivity (Wildman–Crippen MR) is 28.5 cm³/mol. The number of aliphatic hydroxyl groups is 1. The first-order valence-corrected chi connectivity index (χ1v) is 2.52. The Hall–Kier alpha value is 0.920. The molecule has 0 aromatic heterocycles. The van der Waals surface area contributed by atoms with E-state index in [0.29, 0.717) is 6.61 Å². The summed E-state index contributed by atoms with van der Waals surface area (Å²) >= 11 is 0. The molecule has 0 amide bonds. The maximum absolute atomic E-state index is 8.20. The van der Waals surface area contributed by atoms with E-state index < -0.39 is 0 Å². The van der Waals surface area contributed by atoms with Crippen LogP contribution in [0, 0.1) is 0 Å². The average Bonchev–Trinajstić information content (AvgIpc) is 1.61. The number of unbranched alkanes of at least 4 members (excludes halogenated alkanes) is 2. The van der Waals surface area contributed by atoms with Crippen molar-refractivity contribution in [3.05, 3.63) is 0 Å². The molecule has 2 N–H and O–H groups in total. The molecular formula is C5H13NaO2. The minimum Gasteiger partial charge on any atom is -0.870 e. The first-order chi connectivity index (χ1) is 2.91. The van der Waals surface area contributed by atoms with Gasteiger partial charge in [0.05, 0.1) is 0 Å². The fourth-order valence-electron chi connectivity index (χ4n) is 0.362. The van der Waals surface area contributed by atoms with Crippen molar-refractivity contribution in [2.24, 2.45) is 0 Å². The van der Waals surface area contributed by atoms with Crippen molar-refractivity contribution in [1.29, 1.82) is 0 Å². The van der Waals surface area contributed by atoms with E-state index in [1.54, 1.807) is 0 Å². The standard InChI is InChI=1S/C5H12O.Na.H2O/c1-2-3-4-5-6;;/h6H,2-5H2,1H3;;1H2/q;+1;/p-1. The van der Waals surface area contributed by atoms with Crippen molar-refractivity contribution in [2.75, 3.05) is 6.61 Å². The van der Waals surface area contributed by atoms with E-state index in [0.717, 1.165) is 12.8 Å². The number of aliphatic hydroxyl groups excluding tert-OH is 1. The molecule has 0 rings (SSSR count). The van der Waals surface area contributed by atoms with Crippen LogP contribution < -0.4 is 29.6 Å². The van der Waals surface area contributed by atoms with Crippen LogP contribution in [0.25, 0.3) is 0 Å². The van der Waals surface area contributed by atoms with Gasteiger partial charge in [0.15, 0.2) is 0 Å². The van der Waals surface area contributed by atoms with E-state index in [1.807, 2.05) is 0 Å². The molecule has 0 atom stereocenters. The second-order valence-corrected chi connectivity index (χ2v) is 1.43. The summed E-state index contributed by atoms with van der Waals surface area (Å²) in [5.74, 6) is 0. The van der Waals surface area contributed by atoms with Gasteiger partial charge >= 0.3 is 29.6 Å². The van der Waals surface area contributed by atoms with Gasteiger partial charge in [-0.2, -0.15) is 0 Å². The van der Waals surface area contributed by atoms with Crippen LogP contribution in [0.15, 0.2) is 0 Å². The summed E-state index contributed by atoms with van der Waals surface area (Å²) in [5, 5.41) is 8.20. The smallest absolute Gasteiger partial charge is 0.870 e. The van der Waals surface area contributed by atoms with Gasteiger partial charge in [0, 0.05) is 6.61 Å². The van der Waals surface area contributed by atoms with Crippen LogP contribution in [-0.4, -0.2) is 17.2 Å². The normalized spacial score (nSPS) is 6.75. The SMILES string of the molecule is CCCCCO.[Na+].[OH-]. The molecule has 0 heterocycles. The monoisotopic (exact) mass is 128 g/mol. The van der Waals surface area contributed by atoms with E-state index in [4.69, 9.17) is 5.11 Å². The Morgan fingerprint density at radius 2 is 1.75 bits per heavy atom. The van der Waals surface area contributed by atoms with Crippen molar-refractivity contribution in [1.82, 2.24) is 0 Å². The molecule has 0 saturated heterocycles. The molecule has 0 aliphatic rings. The first kappa shape index (κ1) is 16.0. The van der Waals surface area contributed by atoms with Gasteiger partial charge in [-0.15, -0.1) is 0 Å². The van der Waals surface area contributed by atoms with Crippen LogP contribution in [0.3, 0.4) is 0 Å². The van der Waals surface area contributed by atoms with Gasteiger partial charge in [0.1, 0.15) is 0 Å². The Balaban J connectivity index is -0.000000125. The molecule has 0 bridgehead atoms. The topological polar surface area (TPSA) is 50.2 Å². The molecule has 46 valence electrons. The minimum absolute atomic E-state index is 0. The third-order valence-electron chi connectivity index (χ3n) is 0.762. The Morgan fingerprint density at radius 1 is 1.25 bits per heavy atom. The number of hydrogen-bond acceptors (Lipinski definition) is 2. The Bertz CT molecular complexity index is 22.4. The molecule has 0 spiro atoms. The second kappa shape index (κ2) is 15.7. The third kappa shape index (κ3) is 15.8. The summed E-state index contributed by atoms with van der Waals surface area (Å²) in [6.45, 7) is 2.48. The molecule has 3 heteroatoms. The van der Waals surface area contributed by atoms with Gasteiger partial charge in [-0.05, 0) is 6.42 Å². The zero-order valence-corrected chi connectivity index (χ0v) is 7.72. The maximum atomic E-state index is 8.20. The Morgan fingerprint density at radius 3 is 1.88 bits per heavy atom. The second-order valence-electron chi connectivity index (χ2n) is 1.43. The van der Waals surface area contributed by atoms with Crippen molar-refractivity contribution < 1.29 is 40.1 Å². The quantitative estimate of drug-likeness (QED) is 0.353. The molecule has 0 aromatic carbocycles. The van der Waals surface area contributed by atoms with Crippen LogP contribution >= 0.6 is 0 Å². The van der Waals surface area contributed by atoms with E-state index >= 15 is 0 Å². The fraction of sp³-hybridized carbons (Fsp3) is 1.00. The fourth-order valence-corrected chi connectivity index (χ4v) is 0.362. The minimum atomic E-state index is 0. The van der Waals surface area contributed by atoms with Crippen LogP contribution in [0.4, 0.5) is 0 Å². The summed E-state index contributed by atoms with van der Waals surface area (Å²) < 4.78 is 0. The molecule has 0 aromatic rings. The molecule has 0 fully saturated rings. The zero-order valence-electron chi connectivity index (χ0n) is 5.72. The number of hydrogen-bond donors (Lipinski definition) is 1. The summed E-state index contributed by atoms with van der Waals surface area (Å²) in [5.41, 5.74) is 0. The molecule has 0 aliphatic heterocycles. The van der Waals surface area contributed by atoms with Gasteiger partial charge < -0.3 is 10.6 Å². The molecule has 8 heavy (non-hydrogen) atoms. The molecule has 0 unspecified atom stereocenters. The van der Waals surface area contributed by atoms with Crippen LogP contribution in [0.2, 0.25) is 0 Å². The van der Waals surface area contributed by atoms with E-state index in [-0.39, 0.29) is 35.0 Å². The Labute approximate surface area is 72.9 Å². The van der Waals surface area contributed by atoms with Crippen molar-refractivity contribution in [3.63, 3.8) is 0 Å². The zero-order chi connectivity index (χ0) is 4.83. The summed E-state index contributed by atoms with van der Waals surface area (Å²) in [4.78, 5) is 0. The third-order valence-corrected chi connectivity index (χ3v) is 0.762. The molecular weight excluding hydrogens is 115 g/mol. The molecule has 0 saturated carbocycles. The van der Waals surface area contributed by atoms with E-state index in [2.05, 4.69) is 6.92 Å². The van der Waals surface area contributed by atoms with Crippen LogP contribution in [0.5, 0.6) is 0 Å². The summed E-state index contributed by atoms with van der Waals surface area (Å²) in [6, 6.07) is 0. The predicted octanol–water partition coefficient (Wildman–Crippen LogP) is -2.00. The van der Waals surface area contributed by atoms with Crippen molar-refractivity contribution in [3.8, 4) is 0 Å². The van der Waals surface area contributed by atoms with E-state index in [1.165, 1.54) is 6.42 Å². The Kier molecular flexibility index (Phi) is 31.3. The molecule has 2 nitrogen and oxygen atoms in total. The summed E-state index contributed by atoms with van der Waals surface area (Å²) in [7, 11) is 0. The largest absolute Gasteiger partial charge is 1.00 e.